The second-order valence-electron chi connectivity index (χ2n) is 3.69. The highest BCUT2D eigenvalue weighted by Crippen LogP contribution is 2.32. The number of rotatable bonds is 1. The zero-order chi connectivity index (χ0) is 9.97. The first-order valence-corrected chi connectivity index (χ1v) is 5.17. The molecule has 0 saturated heterocycles. The highest BCUT2D eigenvalue weighted by atomic mass is 16.5. The van der Waals surface area contributed by atoms with Gasteiger partial charge in [0.25, 0.3) is 0 Å². The van der Waals surface area contributed by atoms with Crippen molar-refractivity contribution in [1.29, 1.82) is 0 Å². The van der Waals surface area contributed by atoms with Gasteiger partial charge in [0.15, 0.2) is 0 Å². The van der Waals surface area contributed by atoms with Crippen LogP contribution < -0.4 is 4.74 Å². The van der Waals surface area contributed by atoms with Gasteiger partial charge in [-0.2, -0.15) is 0 Å². The Morgan fingerprint density at radius 1 is 1.29 bits per heavy atom. The van der Waals surface area contributed by atoms with Gasteiger partial charge in [-0.15, -0.1) is 0 Å². The molecule has 0 bridgehead atoms. The Bertz CT molecular complexity index is 363. The smallest absolute Gasteiger partial charge is 0.119 e. The van der Waals surface area contributed by atoms with Crippen molar-refractivity contribution in [2.45, 2.75) is 26.2 Å². The van der Waals surface area contributed by atoms with E-state index in [1.54, 1.807) is 7.11 Å². The van der Waals surface area contributed by atoms with Crippen molar-refractivity contribution in [3.05, 3.63) is 35.4 Å². The van der Waals surface area contributed by atoms with Gasteiger partial charge in [0, 0.05) is 0 Å². The van der Waals surface area contributed by atoms with Crippen LogP contribution in [0.4, 0.5) is 0 Å². The molecular weight excluding hydrogens is 172 g/mol. The molecule has 0 spiro atoms. The van der Waals surface area contributed by atoms with Crippen LogP contribution in [-0.4, -0.2) is 7.11 Å². The molecule has 0 unspecified atom stereocenters. The molecule has 0 amide bonds. The Morgan fingerprint density at radius 2 is 2.14 bits per heavy atom. The molecule has 1 heteroatoms. The Hall–Kier alpha value is -1.24. The van der Waals surface area contributed by atoms with E-state index in [0.717, 1.165) is 5.75 Å². The number of ether oxygens (including phenoxy) is 1. The summed E-state index contributed by atoms with van der Waals surface area (Å²) in [7, 11) is 1.72. The normalized spacial score (nSPS) is 18.0. The van der Waals surface area contributed by atoms with E-state index in [4.69, 9.17) is 4.74 Å². The van der Waals surface area contributed by atoms with Crippen molar-refractivity contribution in [2.24, 2.45) is 0 Å². The summed E-state index contributed by atoms with van der Waals surface area (Å²) in [6.45, 7) is 2.11. The van der Waals surface area contributed by atoms with E-state index < -0.39 is 0 Å². The number of methoxy groups -OCH3 is 1. The maximum atomic E-state index is 5.25. The van der Waals surface area contributed by atoms with Gasteiger partial charge in [0.1, 0.15) is 5.75 Å². The molecule has 0 fully saturated rings. The van der Waals surface area contributed by atoms with E-state index in [1.165, 1.54) is 36.0 Å². The van der Waals surface area contributed by atoms with Crippen LogP contribution in [0.1, 0.15) is 30.9 Å². The molecule has 14 heavy (non-hydrogen) atoms. The average molecular weight is 188 g/mol. The molecule has 0 atom stereocenters. The minimum absolute atomic E-state index is 0.963. The van der Waals surface area contributed by atoms with E-state index in [2.05, 4.69) is 31.2 Å². The van der Waals surface area contributed by atoms with E-state index in [-0.39, 0.29) is 0 Å². The number of hydrogen-bond acceptors (Lipinski definition) is 1. The third kappa shape index (κ3) is 1.54. The fourth-order valence-electron chi connectivity index (χ4n) is 2.10. The van der Waals surface area contributed by atoms with Gasteiger partial charge in [0.2, 0.25) is 0 Å². The van der Waals surface area contributed by atoms with Crippen LogP contribution in [0.3, 0.4) is 0 Å². The molecule has 0 radical (unpaired) electrons. The molecule has 1 aromatic carbocycles. The lowest BCUT2D eigenvalue weighted by Crippen LogP contribution is -2.01. The molecule has 1 nitrogen and oxygen atoms in total. The lowest BCUT2D eigenvalue weighted by molar-refractivity contribution is 0.414. The molecule has 1 aromatic rings. The summed E-state index contributed by atoms with van der Waals surface area (Å²) in [5, 5.41) is 0. The Balaban J connectivity index is 2.49. The molecule has 1 aliphatic carbocycles. The van der Waals surface area contributed by atoms with E-state index >= 15 is 0 Å². The quantitative estimate of drug-likeness (QED) is 0.656. The SMILES string of the molecule is C/C=C1/CCCc2ccc(OC)cc21. The van der Waals surface area contributed by atoms with E-state index in [1.807, 2.05) is 0 Å². The maximum absolute atomic E-state index is 5.25. The van der Waals surface area contributed by atoms with Crippen LogP contribution in [0.25, 0.3) is 5.57 Å². The van der Waals surface area contributed by atoms with Crippen molar-refractivity contribution in [1.82, 2.24) is 0 Å². The number of aryl methyl sites for hydroxylation is 1. The molecule has 1 aliphatic rings. The Morgan fingerprint density at radius 3 is 2.86 bits per heavy atom. The average Bonchev–Trinajstić information content (AvgIpc) is 2.27. The van der Waals surface area contributed by atoms with Crippen molar-refractivity contribution in [2.75, 3.05) is 7.11 Å². The third-order valence-electron chi connectivity index (χ3n) is 2.90. The Kier molecular flexibility index (Phi) is 2.58. The van der Waals surface area contributed by atoms with Crippen molar-refractivity contribution >= 4 is 5.57 Å². The standard InChI is InChI=1S/C13H16O/c1-3-10-5-4-6-11-7-8-12(14-2)9-13(10)11/h3,7-9H,4-6H2,1-2H3/b10-3-. The number of benzene rings is 1. The molecule has 0 heterocycles. The molecule has 0 aromatic heterocycles. The van der Waals surface area contributed by atoms with Gasteiger partial charge in [0.05, 0.1) is 7.11 Å². The maximum Gasteiger partial charge on any atom is 0.119 e. The number of allylic oxidation sites excluding steroid dienone is 2. The highest BCUT2D eigenvalue weighted by Gasteiger charge is 2.13. The van der Waals surface area contributed by atoms with Crippen molar-refractivity contribution in [3.63, 3.8) is 0 Å². The number of hydrogen-bond donors (Lipinski definition) is 0. The van der Waals surface area contributed by atoms with Crippen molar-refractivity contribution < 1.29 is 4.74 Å². The topological polar surface area (TPSA) is 9.23 Å². The summed E-state index contributed by atoms with van der Waals surface area (Å²) in [6, 6.07) is 6.40. The fourth-order valence-corrected chi connectivity index (χ4v) is 2.10. The first kappa shape index (κ1) is 9.32. The van der Waals surface area contributed by atoms with Crippen LogP contribution in [-0.2, 0) is 6.42 Å². The highest BCUT2D eigenvalue weighted by molar-refractivity contribution is 5.70. The minimum Gasteiger partial charge on any atom is -0.497 e. The van der Waals surface area contributed by atoms with Gasteiger partial charge in [-0.25, -0.2) is 0 Å². The summed E-state index contributed by atoms with van der Waals surface area (Å²) in [4.78, 5) is 0. The first-order valence-electron chi connectivity index (χ1n) is 5.17. The van der Waals surface area contributed by atoms with Gasteiger partial charge in [-0.3, -0.25) is 0 Å². The summed E-state index contributed by atoms with van der Waals surface area (Å²) >= 11 is 0. The summed E-state index contributed by atoms with van der Waals surface area (Å²) < 4.78 is 5.25. The van der Waals surface area contributed by atoms with Gasteiger partial charge in [-0.05, 0) is 55.0 Å². The molecule has 2 rings (SSSR count). The predicted molar refractivity (Wildman–Crippen MR) is 59.6 cm³/mol. The second-order valence-corrected chi connectivity index (χ2v) is 3.69. The monoisotopic (exact) mass is 188 g/mol. The molecule has 0 aliphatic heterocycles. The van der Waals surface area contributed by atoms with E-state index in [0.29, 0.717) is 0 Å². The molecule has 74 valence electrons. The van der Waals surface area contributed by atoms with Crippen LogP contribution in [0.2, 0.25) is 0 Å². The van der Waals surface area contributed by atoms with Crippen LogP contribution in [0.15, 0.2) is 24.3 Å². The largest absolute Gasteiger partial charge is 0.497 e. The zero-order valence-corrected chi connectivity index (χ0v) is 8.84. The fraction of sp³-hybridized carbons (Fsp3) is 0.385. The number of fused-ring (bicyclic) bond motifs is 1. The Labute approximate surface area is 85.4 Å². The van der Waals surface area contributed by atoms with Crippen LogP contribution >= 0.6 is 0 Å². The second kappa shape index (κ2) is 3.87. The zero-order valence-electron chi connectivity index (χ0n) is 8.84. The van der Waals surface area contributed by atoms with Gasteiger partial charge < -0.3 is 4.74 Å². The predicted octanol–water partition coefficient (Wildman–Crippen LogP) is 3.43. The lowest BCUT2D eigenvalue weighted by atomic mass is 9.87. The van der Waals surface area contributed by atoms with Crippen molar-refractivity contribution in [3.8, 4) is 5.75 Å². The van der Waals surface area contributed by atoms with Crippen LogP contribution in [0.5, 0.6) is 5.75 Å². The first-order chi connectivity index (χ1) is 6.85. The molecule has 0 N–H and O–H groups in total. The molecular formula is C13H16O. The molecule has 0 saturated carbocycles. The van der Waals surface area contributed by atoms with E-state index in [9.17, 15) is 0 Å². The summed E-state index contributed by atoms with van der Waals surface area (Å²) in [5.74, 6) is 0.963. The lowest BCUT2D eigenvalue weighted by Gasteiger charge is -2.19. The van der Waals surface area contributed by atoms with Gasteiger partial charge >= 0.3 is 0 Å². The minimum atomic E-state index is 0.963. The summed E-state index contributed by atoms with van der Waals surface area (Å²) in [6.07, 6.45) is 5.91. The van der Waals surface area contributed by atoms with Crippen LogP contribution in [0, 0.1) is 0 Å². The van der Waals surface area contributed by atoms with Gasteiger partial charge in [-0.1, -0.05) is 12.1 Å². The third-order valence-corrected chi connectivity index (χ3v) is 2.90. The summed E-state index contributed by atoms with van der Waals surface area (Å²) in [5.41, 5.74) is 4.31.